The van der Waals surface area contributed by atoms with Crippen molar-refractivity contribution in [2.24, 2.45) is 52.1 Å². The number of ether oxygens (including phenoxy) is 4. The highest BCUT2D eigenvalue weighted by Crippen LogP contribution is 2.67. The molecule has 1 unspecified atom stereocenters. The number of non-ortho nitro benzene ring substituents is 1. The number of rotatable bonds is 34. The summed E-state index contributed by atoms with van der Waals surface area (Å²) in [5, 5.41) is 21.4. The Kier molecular flexibility index (Phi) is 26.6. The maximum atomic E-state index is 15.7. The molecule has 4 aliphatic carbocycles. The van der Waals surface area contributed by atoms with Crippen LogP contribution >= 0.6 is 23.2 Å². The van der Waals surface area contributed by atoms with E-state index in [0.29, 0.717) is 61.3 Å². The highest BCUT2D eigenvalue weighted by molar-refractivity contribution is 6.42. The number of nitrogens with one attached hydrogen (secondary N) is 3. The first kappa shape index (κ1) is 76.5. The summed E-state index contributed by atoms with van der Waals surface area (Å²) in [5.74, 6) is 3.08. The van der Waals surface area contributed by atoms with Gasteiger partial charge in [-0.15, -0.1) is 0 Å². The predicted octanol–water partition coefficient (Wildman–Crippen LogP) is 17.0. The molecule has 17 nitrogen and oxygen atoms in total. The van der Waals surface area contributed by atoms with Gasteiger partial charge in [-0.3, -0.25) is 39.5 Å². The number of fused-ring (bicyclic) bond motifs is 5. The van der Waals surface area contributed by atoms with Crippen LogP contribution in [0, 0.1) is 56.5 Å². The smallest absolute Gasteiger partial charge is 0.497 e. The summed E-state index contributed by atoms with van der Waals surface area (Å²) >= 11 is 12.9. The number of unbranched alkanes of at least 4 members (excludes halogenated alkanes) is 1. The van der Waals surface area contributed by atoms with Gasteiger partial charge in [0.2, 0.25) is 17.7 Å². The Morgan fingerprint density at radius 2 is 1.37 bits per heavy atom. The molecule has 102 heavy (non-hydrogen) atoms. The average molecular weight is 1430 g/mol. The first-order valence-corrected chi connectivity index (χ1v) is 37.5. The molecule has 3 saturated carbocycles. The Balaban J connectivity index is 0.787. The van der Waals surface area contributed by atoms with E-state index >= 15 is 4.79 Å². The predicted molar refractivity (Wildman–Crippen MR) is 400 cm³/mol. The molecule has 544 valence electrons. The van der Waals surface area contributed by atoms with E-state index < -0.39 is 46.4 Å². The molecule has 0 aliphatic heterocycles. The third-order valence-corrected chi connectivity index (χ3v) is 23.6. The summed E-state index contributed by atoms with van der Waals surface area (Å²) < 4.78 is 22.7. The van der Waals surface area contributed by atoms with Crippen molar-refractivity contribution in [1.29, 1.82) is 0 Å². The highest BCUT2D eigenvalue weighted by atomic mass is 35.5. The number of hydrogen-bond acceptors (Lipinski definition) is 12. The van der Waals surface area contributed by atoms with Crippen molar-refractivity contribution < 1.29 is 47.8 Å². The molecule has 10 atom stereocenters. The summed E-state index contributed by atoms with van der Waals surface area (Å²) in [7, 11) is 1.63. The minimum absolute atomic E-state index is 0.0335. The minimum Gasteiger partial charge on any atom is -0.497 e. The van der Waals surface area contributed by atoms with Crippen molar-refractivity contribution in [2.45, 2.75) is 181 Å². The molecule has 6 aromatic rings. The number of nitro benzene ring substituents is 1. The Bertz CT molecular complexity index is 3800. The van der Waals surface area contributed by atoms with E-state index in [1.54, 1.807) is 55.1 Å². The second-order valence-electron chi connectivity index (χ2n) is 29.6. The first-order valence-electron chi connectivity index (χ1n) is 36.7. The van der Waals surface area contributed by atoms with E-state index in [0.717, 1.165) is 71.5 Å². The van der Waals surface area contributed by atoms with Gasteiger partial charge in [0.1, 0.15) is 30.2 Å². The van der Waals surface area contributed by atoms with Crippen LogP contribution in [0.2, 0.25) is 10.0 Å². The third-order valence-electron chi connectivity index (χ3n) is 22.8. The Labute approximate surface area is 611 Å². The molecule has 10 rings (SSSR count). The Morgan fingerprint density at radius 1 is 0.706 bits per heavy atom. The van der Waals surface area contributed by atoms with Crippen LogP contribution in [0.15, 0.2) is 163 Å². The largest absolute Gasteiger partial charge is 0.514 e. The lowest BCUT2D eigenvalue weighted by Gasteiger charge is -2.58. The fourth-order valence-electron chi connectivity index (χ4n) is 17.5. The van der Waals surface area contributed by atoms with Gasteiger partial charge in [-0.1, -0.05) is 180 Å². The van der Waals surface area contributed by atoms with Gasteiger partial charge < -0.3 is 35.3 Å². The average Bonchev–Trinajstić information content (AvgIpc) is 1.38. The second-order valence-corrected chi connectivity index (χ2v) is 30.4. The van der Waals surface area contributed by atoms with Crippen molar-refractivity contribution in [2.75, 3.05) is 31.7 Å². The Hall–Kier alpha value is -8.09. The molecule has 0 radical (unpaired) electrons. The summed E-state index contributed by atoms with van der Waals surface area (Å²) in [6.07, 6.45) is 16.6. The molecule has 0 spiro atoms. The zero-order chi connectivity index (χ0) is 72.6. The van der Waals surface area contributed by atoms with Crippen molar-refractivity contribution in [1.82, 2.24) is 16.0 Å². The van der Waals surface area contributed by atoms with Crippen molar-refractivity contribution in [3.8, 4) is 11.5 Å². The zero-order valence-corrected chi connectivity index (χ0v) is 61.5. The van der Waals surface area contributed by atoms with E-state index in [1.807, 2.05) is 60.7 Å². The van der Waals surface area contributed by atoms with Crippen LogP contribution < -0.4 is 36.1 Å². The van der Waals surface area contributed by atoms with Crippen molar-refractivity contribution in [3.63, 3.8) is 0 Å². The number of carbonyl (C=O) groups is 5. The normalized spacial score (nSPS) is 21.6. The van der Waals surface area contributed by atoms with Crippen molar-refractivity contribution >= 4 is 64.4 Å². The second kappa shape index (κ2) is 35.4. The van der Waals surface area contributed by atoms with Crippen LogP contribution in [0.3, 0.4) is 0 Å². The summed E-state index contributed by atoms with van der Waals surface area (Å²) in [5.41, 5.74) is 11.9. The number of nitro groups is 1. The number of nitrogens with two attached hydrogens (primary N) is 1. The topological polar surface area (TPSA) is 231 Å². The number of carbonyl (C=O) groups excluding carboxylic acids is 5. The number of hydrogen-bond donors (Lipinski definition) is 4. The number of nitrogens with zero attached hydrogens (tertiary/aromatic N) is 2. The molecule has 19 heteroatoms. The summed E-state index contributed by atoms with van der Waals surface area (Å²) in [6.45, 7) is 13.5. The van der Waals surface area contributed by atoms with Gasteiger partial charge in [-0.05, 0) is 206 Å². The molecule has 3 fully saturated rings. The van der Waals surface area contributed by atoms with Gasteiger partial charge in [0.25, 0.3) is 11.6 Å². The molecular weight excluding hydrogens is 1330 g/mol. The maximum absolute atomic E-state index is 15.7. The van der Waals surface area contributed by atoms with Crippen molar-refractivity contribution in [3.05, 3.63) is 211 Å². The molecule has 0 saturated heterocycles. The SMILES string of the molecule is COc1ccc(C(NCCCC[C@@H](C(N)=O)N(C(=O)[C@H](Cc2ccc(Cl)c(Cl)c2)NC(=O)CCC(=O)NCCCOC2CC[C@@]3(C)C(=CC[C@H]4[C@@H]5CC[C@H]([C@H](C)CCCC(C)C)[C@@]5(C)CC[C@@H]43)C2)c2ccc(COC(=O)Oc3ccc([N+](=O)[O-])cc3)cc2)(c2ccccc2)c2ccccc2)cc1. The first-order chi connectivity index (χ1) is 49.1. The van der Waals surface area contributed by atoms with E-state index in [1.165, 1.54) is 80.5 Å². The van der Waals surface area contributed by atoms with E-state index in [2.05, 4.69) is 80.9 Å². The fraction of sp³-hybridized carbons (Fsp3) is 0.482. The van der Waals surface area contributed by atoms with Crippen LogP contribution in [-0.2, 0) is 47.2 Å². The molecule has 0 bridgehead atoms. The van der Waals surface area contributed by atoms with Gasteiger partial charge >= 0.3 is 6.16 Å². The summed E-state index contributed by atoms with van der Waals surface area (Å²) in [6, 6.07) is 41.8. The van der Waals surface area contributed by atoms with Crippen LogP contribution in [0.1, 0.15) is 172 Å². The molecule has 4 aliphatic rings. The number of amides is 4. The number of allylic oxidation sites excluding steroid dienone is 1. The lowest BCUT2D eigenvalue weighted by atomic mass is 9.47. The quantitative estimate of drug-likeness (QED) is 0.00562. The zero-order valence-electron chi connectivity index (χ0n) is 60.0. The molecule has 4 amide bonds. The van der Waals surface area contributed by atoms with Gasteiger partial charge in [0, 0.05) is 50.2 Å². The van der Waals surface area contributed by atoms with Crippen LogP contribution in [0.5, 0.6) is 11.5 Å². The maximum Gasteiger partial charge on any atom is 0.514 e. The summed E-state index contributed by atoms with van der Waals surface area (Å²) in [4.78, 5) is 82.1. The van der Waals surface area contributed by atoms with E-state index in [-0.39, 0.29) is 76.9 Å². The van der Waals surface area contributed by atoms with Gasteiger partial charge in [0.05, 0.1) is 33.7 Å². The number of primary amides is 1. The lowest BCUT2D eigenvalue weighted by Crippen LogP contribution is -2.56. The van der Waals surface area contributed by atoms with E-state index in [4.69, 9.17) is 47.9 Å². The molecule has 0 heterocycles. The fourth-order valence-corrected chi connectivity index (χ4v) is 17.8. The van der Waals surface area contributed by atoms with Crippen LogP contribution in [0.25, 0.3) is 0 Å². The minimum atomic E-state index is -1.32. The highest BCUT2D eigenvalue weighted by Gasteiger charge is 2.59. The lowest BCUT2D eigenvalue weighted by molar-refractivity contribution is -0.384. The third kappa shape index (κ3) is 18.6. The standard InChI is InChI=1S/C83H102Cl2N6O11/c1-55(2)17-15-18-56(3)69-39-40-70-68-38-29-62-53-67(44-46-81(62,4)71(68)45-47-82(69,70)5)100-50-16-48-87-76(92)42-43-77(93)89-74(52-58-26-41-72(84)73(85)51-58)79(95)90(63-30-24-57(25-31-63)54-101-80(96)102-66-36-32-64(33-37-66)91(97)98)75(78(86)94)23-13-14-49-88-83(59-19-9-7-10-20-59,60-21-11-8-12-22-60)61-27-34-65(99-6)35-28-61/h7-12,19-22,24-37,41,51,55-56,67-71,74-75,88H,13-18,23,38-40,42-50,52-54H2,1-6H3,(H2,86,94)(H,87,92)(H,89,93)/t56-,67?,68+,69-,70+,71+,74+,75+,81+,82-/m1/s1. The van der Waals surface area contributed by atoms with E-state index in [9.17, 15) is 29.3 Å². The number of methoxy groups -OCH3 is 1. The Morgan fingerprint density at radius 3 is 2.03 bits per heavy atom. The van der Waals surface area contributed by atoms with Gasteiger partial charge in [-0.25, -0.2) is 4.79 Å². The number of anilines is 1. The molecule has 5 N–H and O–H groups in total. The number of benzene rings is 6. The van der Waals surface area contributed by atoms with Crippen LogP contribution in [-0.4, -0.2) is 79.7 Å². The van der Waals surface area contributed by atoms with Gasteiger partial charge in [0.15, 0.2) is 0 Å². The van der Waals surface area contributed by atoms with Gasteiger partial charge in [-0.2, -0.15) is 0 Å². The van der Waals surface area contributed by atoms with Crippen LogP contribution in [0.4, 0.5) is 16.2 Å². The molecule has 0 aromatic heterocycles. The molecule has 6 aromatic carbocycles. The monoisotopic (exact) mass is 1430 g/mol. The molecular formula is C83H102Cl2N6O11. The number of halogens is 2.